The average Bonchev–Trinajstić information content (AvgIpc) is 3.45. The van der Waals surface area contributed by atoms with Crippen LogP contribution in [0.15, 0.2) is 164 Å². The van der Waals surface area contributed by atoms with Crippen LogP contribution in [0.25, 0.3) is 66.1 Å². The van der Waals surface area contributed by atoms with Gasteiger partial charge in [-0.2, -0.15) is 0 Å². The summed E-state index contributed by atoms with van der Waals surface area (Å²) in [6.07, 6.45) is 5.34. The van der Waals surface area contributed by atoms with Crippen LogP contribution in [-0.2, 0) is 0 Å². The minimum absolute atomic E-state index is 0.917. The molecular formula is C42H27N3. The van der Waals surface area contributed by atoms with Crippen molar-refractivity contribution in [2.45, 2.75) is 0 Å². The van der Waals surface area contributed by atoms with Crippen LogP contribution >= 0.6 is 0 Å². The molecule has 0 atom stereocenters. The predicted octanol–water partition coefficient (Wildman–Crippen LogP) is 11.2. The van der Waals surface area contributed by atoms with E-state index in [9.17, 15) is 0 Å². The summed E-state index contributed by atoms with van der Waals surface area (Å²) in [7, 11) is 0. The largest absolute Gasteiger partial charge is 0.307 e. The number of aromatic nitrogens is 2. The van der Waals surface area contributed by atoms with Gasteiger partial charge in [0.25, 0.3) is 0 Å². The van der Waals surface area contributed by atoms with Gasteiger partial charge in [-0.25, -0.2) is 9.97 Å². The molecule has 1 aliphatic carbocycles. The standard InChI is InChI=1S/C42H27N3/c1-4-13-28(14-5-1)38-32-19-10-11-20-33(32)39(29-15-6-2-7-16-29)42-36-23-24-37(34-21-12-22-35(40(34)36)41(38)42)45(30-17-8-3-9-18-30)31-25-43-27-44-26-31/h1-27H. The highest BCUT2D eigenvalue weighted by Crippen LogP contribution is 2.59. The molecule has 0 saturated heterocycles. The molecule has 0 fully saturated rings. The fraction of sp³-hybridized carbons (Fsp3) is 0. The molecule has 0 amide bonds. The van der Waals surface area contributed by atoms with E-state index in [-0.39, 0.29) is 0 Å². The Labute approximate surface area is 261 Å². The van der Waals surface area contributed by atoms with Crippen molar-refractivity contribution in [2.75, 3.05) is 4.90 Å². The van der Waals surface area contributed by atoms with E-state index in [2.05, 4.69) is 154 Å². The highest BCUT2D eigenvalue weighted by Gasteiger charge is 2.31. The Morgan fingerprint density at radius 2 is 0.889 bits per heavy atom. The second-order valence-electron chi connectivity index (χ2n) is 11.4. The maximum absolute atomic E-state index is 4.39. The number of hydrogen-bond donors (Lipinski definition) is 0. The SMILES string of the molecule is c1ccc(-c2c3c(c(-c4ccccc4)c4ccccc24)-c2ccc(N(c4ccccc4)c4cncnc4)c4cccc-3c24)cc1. The van der Waals surface area contributed by atoms with Gasteiger partial charge in [-0.3, -0.25) is 0 Å². The summed E-state index contributed by atoms with van der Waals surface area (Å²) in [5, 5.41) is 4.99. The molecule has 1 heterocycles. The van der Waals surface area contributed by atoms with Gasteiger partial charge in [0.1, 0.15) is 6.33 Å². The Bertz CT molecular complexity index is 2220. The van der Waals surface area contributed by atoms with Crippen LogP contribution in [0.3, 0.4) is 0 Å². The van der Waals surface area contributed by atoms with Gasteiger partial charge in [0.15, 0.2) is 0 Å². The Morgan fingerprint density at radius 3 is 1.49 bits per heavy atom. The van der Waals surface area contributed by atoms with Crippen molar-refractivity contribution in [3.05, 3.63) is 164 Å². The maximum Gasteiger partial charge on any atom is 0.115 e. The van der Waals surface area contributed by atoms with Gasteiger partial charge in [-0.05, 0) is 78.9 Å². The summed E-state index contributed by atoms with van der Waals surface area (Å²) in [5.41, 5.74) is 13.2. The van der Waals surface area contributed by atoms with Gasteiger partial charge in [0, 0.05) is 11.1 Å². The molecule has 0 spiro atoms. The van der Waals surface area contributed by atoms with Gasteiger partial charge in [-0.1, -0.05) is 127 Å². The zero-order chi connectivity index (χ0) is 29.7. The highest BCUT2D eigenvalue weighted by atomic mass is 15.2. The van der Waals surface area contributed by atoms with E-state index < -0.39 is 0 Å². The Kier molecular flexibility index (Phi) is 5.82. The van der Waals surface area contributed by atoms with Crippen LogP contribution in [0.5, 0.6) is 0 Å². The predicted molar refractivity (Wildman–Crippen MR) is 187 cm³/mol. The quantitative estimate of drug-likeness (QED) is 0.205. The Hall–Kier alpha value is -6.06. The molecule has 0 saturated carbocycles. The fourth-order valence-electron chi connectivity index (χ4n) is 7.20. The number of para-hydroxylation sites is 1. The van der Waals surface area contributed by atoms with E-state index in [0.29, 0.717) is 0 Å². The monoisotopic (exact) mass is 573 g/mol. The zero-order valence-corrected chi connectivity index (χ0v) is 24.4. The van der Waals surface area contributed by atoms with Gasteiger partial charge < -0.3 is 4.90 Å². The average molecular weight is 574 g/mol. The summed E-state index contributed by atoms with van der Waals surface area (Å²) in [6, 6.07) is 52.4. The first-order chi connectivity index (χ1) is 22.4. The fourth-order valence-corrected chi connectivity index (χ4v) is 7.20. The van der Waals surface area contributed by atoms with E-state index in [0.717, 1.165) is 17.1 Å². The van der Waals surface area contributed by atoms with Crippen LogP contribution in [0.1, 0.15) is 0 Å². The molecule has 3 nitrogen and oxygen atoms in total. The summed E-state index contributed by atoms with van der Waals surface area (Å²) < 4.78 is 0. The molecule has 0 radical (unpaired) electrons. The molecule has 1 aliphatic rings. The van der Waals surface area contributed by atoms with E-state index >= 15 is 0 Å². The number of anilines is 3. The number of rotatable bonds is 5. The van der Waals surface area contributed by atoms with Gasteiger partial charge in [0.05, 0.1) is 23.8 Å². The van der Waals surface area contributed by atoms with Crippen molar-refractivity contribution < 1.29 is 0 Å². The first-order valence-electron chi connectivity index (χ1n) is 15.2. The van der Waals surface area contributed by atoms with Crippen molar-refractivity contribution in [2.24, 2.45) is 0 Å². The first-order valence-corrected chi connectivity index (χ1v) is 15.2. The second kappa shape index (κ2) is 10.3. The normalized spacial score (nSPS) is 11.6. The number of fused-ring (bicyclic) bond motifs is 4. The van der Waals surface area contributed by atoms with E-state index in [1.807, 2.05) is 18.5 Å². The smallest absolute Gasteiger partial charge is 0.115 e. The van der Waals surface area contributed by atoms with E-state index in [1.165, 1.54) is 66.1 Å². The lowest BCUT2D eigenvalue weighted by atomic mass is 9.82. The van der Waals surface area contributed by atoms with Crippen molar-refractivity contribution >= 4 is 38.6 Å². The minimum atomic E-state index is 0.917. The van der Waals surface area contributed by atoms with Crippen molar-refractivity contribution in [3.63, 3.8) is 0 Å². The summed E-state index contributed by atoms with van der Waals surface area (Å²) in [5.74, 6) is 0. The maximum atomic E-state index is 4.39. The lowest BCUT2D eigenvalue weighted by Crippen LogP contribution is -2.11. The summed E-state index contributed by atoms with van der Waals surface area (Å²) >= 11 is 0. The third kappa shape index (κ3) is 3.91. The molecular weight excluding hydrogens is 546 g/mol. The molecule has 1 aromatic heterocycles. The summed E-state index contributed by atoms with van der Waals surface area (Å²) in [4.78, 5) is 11.0. The lowest BCUT2D eigenvalue weighted by molar-refractivity contribution is 1.13. The first kappa shape index (κ1) is 25.4. The van der Waals surface area contributed by atoms with E-state index in [4.69, 9.17) is 0 Å². The number of nitrogens with zero attached hydrogens (tertiary/aromatic N) is 3. The Morgan fingerprint density at radius 1 is 0.378 bits per heavy atom. The molecule has 45 heavy (non-hydrogen) atoms. The van der Waals surface area contributed by atoms with Crippen LogP contribution in [-0.4, -0.2) is 9.97 Å². The molecule has 3 heteroatoms. The molecule has 9 rings (SSSR count). The van der Waals surface area contributed by atoms with Gasteiger partial charge >= 0.3 is 0 Å². The molecule has 0 unspecified atom stereocenters. The summed E-state index contributed by atoms with van der Waals surface area (Å²) in [6.45, 7) is 0. The lowest BCUT2D eigenvalue weighted by Gasteiger charge is -2.26. The highest BCUT2D eigenvalue weighted by molar-refractivity contribution is 6.28. The van der Waals surface area contributed by atoms with Crippen LogP contribution in [0.4, 0.5) is 17.1 Å². The molecule has 0 aliphatic heterocycles. The Balaban J connectivity index is 1.43. The number of hydrogen-bond acceptors (Lipinski definition) is 3. The van der Waals surface area contributed by atoms with Crippen LogP contribution in [0.2, 0.25) is 0 Å². The molecule has 7 aromatic carbocycles. The van der Waals surface area contributed by atoms with Gasteiger partial charge in [-0.15, -0.1) is 0 Å². The topological polar surface area (TPSA) is 29.0 Å². The third-order valence-corrected chi connectivity index (χ3v) is 8.96. The van der Waals surface area contributed by atoms with E-state index in [1.54, 1.807) is 6.33 Å². The van der Waals surface area contributed by atoms with Crippen molar-refractivity contribution in [1.29, 1.82) is 0 Å². The van der Waals surface area contributed by atoms with Gasteiger partial charge in [0.2, 0.25) is 0 Å². The molecule has 0 bridgehead atoms. The number of benzene rings is 7. The van der Waals surface area contributed by atoms with Crippen molar-refractivity contribution in [3.8, 4) is 44.5 Å². The second-order valence-corrected chi connectivity index (χ2v) is 11.4. The minimum Gasteiger partial charge on any atom is -0.307 e. The zero-order valence-electron chi connectivity index (χ0n) is 24.4. The van der Waals surface area contributed by atoms with Crippen LogP contribution in [0, 0.1) is 0 Å². The molecule has 210 valence electrons. The van der Waals surface area contributed by atoms with Crippen LogP contribution < -0.4 is 4.90 Å². The van der Waals surface area contributed by atoms with Crippen molar-refractivity contribution in [1.82, 2.24) is 9.97 Å². The molecule has 8 aromatic rings. The third-order valence-electron chi connectivity index (χ3n) is 8.96. The molecule has 0 N–H and O–H groups in total.